The van der Waals surface area contributed by atoms with Gasteiger partial charge in [-0.2, -0.15) is 0 Å². The van der Waals surface area contributed by atoms with Gasteiger partial charge in [0.1, 0.15) is 11.3 Å². The van der Waals surface area contributed by atoms with Crippen LogP contribution in [0.15, 0.2) is 65.1 Å². The van der Waals surface area contributed by atoms with Crippen molar-refractivity contribution in [2.45, 2.75) is 13.8 Å². The summed E-state index contributed by atoms with van der Waals surface area (Å²) in [6, 6.07) is 18.5. The van der Waals surface area contributed by atoms with Gasteiger partial charge in [0.15, 0.2) is 5.58 Å². The summed E-state index contributed by atoms with van der Waals surface area (Å²) in [4.78, 5) is 17.0. The van der Waals surface area contributed by atoms with E-state index in [2.05, 4.69) is 36.3 Å². The van der Waals surface area contributed by atoms with Crippen LogP contribution in [-0.4, -0.2) is 18.0 Å². The highest BCUT2D eigenvalue weighted by Crippen LogP contribution is 2.27. The van der Waals surface area contributed by atoms with Crippen molar-refractivity contribution in [3.63, 3.8) is 0 Å². The zero-order valence-corrected chi connectivity index (χ0v) is 15.9. The van der Waals surface area contributed by atoms with Crippen molar-refractivity contribution >= 4 is 22.7 Å². The third-order valence-corrected chi connectivity index (χ3v) is 4.75. The lowest BCUT2D eigenvalue weighted by Gasteiger charge is -2.06. The Labute approximate surface area is 163 Å². The Kier molecular flexibility index (Phi) is 4.57. The molecule has 5 heteroatoms. The highest BCUT2D eigenvalue weighted by Gasteiger charge is 2.11. The van der Waals surface area contributed by atoms with Gasteiger partial charge < -0.3 is 14.5 Å². The number of aromatic nitrogens is 1. The summed E-state index contributed by atoms with van der Waals surface area (Å²) in [6.45, 7) is 4.14. The molecule has 0 atom stereocenters. The molecular formula is C23H20N2O3. The fraction of sp³-hybridized carbons (Fsp3) is 0.130. The first kappa shape index (κ1) is 17.8. The van der Waals surface area contributed by atoms with Gasteiger partial charge in [0.2, 0.25) is 5.89 Å². The Morgan fingerprint density at radius 1 is 0.964 bits per heavy atom. The van der Waals surface area contributed by atoms with Crippen molar-refractivity contribution in [3.8, 4) is 17.2 Å². The van der Waals surface area contributed by atoms with Crippen LogP contribution in [0.1, 0.15) is 21.5 Å². The normalized spacial score (nSPS) is 10.8. The predicted octanol–water partition coefficient (Wildman–Crippen LogP) is 5.37. The molecule has 0 radical (unpaired) electrons. The zero-order valence-electron chi connectivity index (χ0n) is 15.9. The molecular weight excluding hydrogens is 352 g/mol. The van der Waals surface area contributed by atoms with Gasteiger partial charge in [-0.3, -0.25) is 4.79 Å². The van der Waals surface area contributed by atoms with Crippen molar-refractivity contribution in [1.29, 1.82) is 0 Å². The topological polar surface area (TPSA) is 64.4 Å². The van der Waals surface area contributed by atoms with E-state index in [-0.39, 0.29) is 5.91 Å². The number of hydrogen-bond acceptors (Lipinski definition) is 4. The highest BCUT2D eigenvalue weighted by atomic mass is 16.5. The number of rotatable bonds is 4. The molecule has 1 heterocycles. The number of ether oxygens (including phenoxy) is 1. The number of methoxy groups -OCH3 is 1. The molecule has 0 saturated carbocycles. The standard InChI is InChI=1S/C23H20N2O3/c1-14-4-5-17(12-15(14)2)23-25-20-13-18(8-11-21(20)28-23)24-22(26)16-6-9-19(27-3)10-7-16/h4-13H,1-3H3,(H,24,26). The molecule has 28 heavy (non-hydrogen) atoms. The molecule has 1 amide bonds. The van der Waals surface area contributed by atoms with E-state index in [9.17, 15) is 4.79 Å². The van der Waals surface area contributed by atoms with Crippen LogP contribution in [0, 0.1) is 13.8 Å². The summed E-state index contributed by atoms with van der Waals surface area (Å²) in [7, 11) is 1.59. The van der Waals surface area contributed by atoms with Gasteiger partial charge >= 0.3 is 0 Å². The van der Waals surface area contributed by atoms with Crippen LogP contribution in [0.5, 0.6) is 5.75 Å². The molecule has 3 aromatic carbocycles. The summed E-state index contributed by atoms with van der Waals surface area (Å²) in [5.74, 6) is 1.08. The van der Waals surface area contributed by atoms with Crippen molar-refractivity contribution in [2.24, 2.45) is 0 Å². The molecule has 140 valence electrons. The summed E-state index contributed by atoms with van der Waals surface area (Å²) >= 11 is 0. The second kappa shape index (κ2) is 7.19. The fourth-order valence-electron chi connectivity index (χ4n) is 2.95. The number of nitrogens with zero attached hydrogens (tertiary/aromatic N) is 1. The number of fused-ring (bicyclic) bond motifs is 1. The second-order valence-electron chi connectivity index (χ2n) is 6.68. The van der Waals surface area contributed by atoms with E-state index in [1.54, 1.807) is 37.4 Å². The van der Waals surface area contributed by atoms with Gasteiger partial charge in [-0.25, -0.2) is 4.98 Å². The van der Waals surface area contributed by atoms with Gasteiger partial charge in [-0.05, 0) is 79.6 Å². The highest BCUT2D eigenvalue weighted by molar-refractivity contribution is 6.05. The number of carbonyl (C=O) groups excluding carboxylic acids is 1. The molecule has 0 unspecified atom stereocenters. The van der Waals surface area contributed by atoms with Crippen LogP contribution in [0.4, 0.5) is 5.69 Å². The van der Waals surface area contributed by atoms with Gasteiger partial charge in [0.25, 0.3) is 5.91 Å². The maximum absolute atomic E-state index is 12.5. The molecule has 0 aliphatic rings. The predicted molar refractivity (Wildman–Crippen MR) is 110 cm³/mol. The average molecular weight is 372 g/mol. The van der Waals surface area contributed by atoms with Crippen molar-refractivity contribution in [1.82, 2.24) is 4.98 Å². The molecule has 5 nitrogen and oxygen atoms in total. The summed E-state index contributed by atoms with van der Waals surface area (Å²) < 4.78 is 11.0. The number of amides is 1. The van der Waals surface area contributed by atoms with Gasteiger partial charge in [0, 0.05) is 16.8 Å². The van der Waals surface area contributed by atoms with Gasteiger partial charge in [0.05, 0.1) is 7.11 Å². The molecule has 0 saturated heterocycles. The maximum Gasteiger partial charge on any atom is 0.255 e. The minimum atomic E-state index is -0.195. The van der Waals surface area contributed by atoms with E-state index in [1.807, 2.05) is 18.2 Å². The minimum Gasteiger partial charge on any atom is -0.497 e. The van der Waals surface area contributed by atoms with Crippen LogP contribution < -0.4 is 10.1 Å². The van der Waals surface area contributed by atoms with Crippen molar-refractivity contribution in [3.05, 3.63) is 77.4 Å². The third-order valence-electron chi connectivity index (χ3n) is 4.75. The van der Waals surface area contributed by atoms with Crippen LogP contribution in [0.2, 0.25) is 0 Å². The number of carbonyl (C=O) groups is 1. The van der Waals surface area contributed by atoms with Gasteiger partial charge in [-0.15, -0.1) is 0 Å². The molecule has 4 aromatic rings. The molecule has 1 N–H and O–H groups in total. The molecule has 0 fully saturated rings. The van der Waals surface area contributed by atoms with E-state index >= 15 is 0 Å². The van der Waals surface area contributed by atoms with E-state index in [0.29, 0.717) is 34.0 Å². The Hall–Kier alpha value is -3.60. The lowest BCUT2D eigenvalue weighted by molar-refractivity contribution is 0.102. The monoisotopic (exact) mass is 372 g/mol. The first-order valence-corrected chi connectivity index (χ1v) is 8.97. The number of anilines is 1. The summed E-state index contributed by atoms with van der Waals surface area (Å²) in [5.41, 5.74) is 5.93. The van der Waals surface area contributed by atoms with E-state index in [4.69, 9.17) is 9.15 Å². The lowest BCUT2D eigenvalue weighted by Crippen LogP contribution is -2.11. The average Bonchev–Trinajstić information content (AvgIpc) is 3.13. The van der Waals surface area contributed by atoms with Crippen LogP contribution in [-0.2, 0) is 0 Å². The number of oxazole rings is 1. The zero-order chi connectivity index (χ0) is 19.7. The Balaban J connectivity index is 1.58. The molecule has 0 aliphatic carbocycles. The summed E-state index contributed by atoms with van der Waals surface area (Å²) in [6.07, 6.45) is 0. The van der Waals surface area contributed by atoms with E-state index < -0.39 is 0 Å². The largest absolute Gasteiger partial charge is 0.497 e. The van der Waals surface area contributed by atoms with Crippen LogP contribution in [0.3, 0.4) is 0 Å². The van der Waals surface area contributed by atoms with Crippen molar-refractivity contribution in [2.75, 3.05) is 12.4 Å². The van der Waals surface area contributed by atoms with Crippen molar-refractivity contribution < 1.29 is 13.9 Å². The maximum atomic E-state index is 12.5. The quantitative estimate of drug-likeness (QED) is 0.523. The van der Waals surface area contributed by atoms with Crippen LogP contribution >= 0.6 is 0 Å². The third kappa shape index (κ3) is 3.47. The number of benzene rings is 3. The molecule has 0 aliphatic heterocycles. The number of nitrogens with one attached hydrogen (secondary N) is 1. The number of aryl methyl sites for hydroxylation is 2. The molecule has 4 rings (SSSR count). The smallest absolute Gasteiger partial charge is 0.255 e. The molecule has 0 spiro atoms. The van der Waals surface area contributed by atoms with E-state index in [0.717, 1.165) is 5.56 Å². The summed E-state index contributed by atoms with van der Waals surface area (Å²) in [5, 5.41) is 2.89. The first-order valence-electron chi connectivity index (χ1n) is 8.97. The fourth-order valence-corrected chi connectivity index (χ4v) is 2.95. The Morgan fingerprint density at radius 2 is 1.75 bits per heavy atom. The van der Waals surface area contributed by atoms with Gasteiger partial charge in [-0.1, -0.05) is 6.07 Å². The van der Waals surface area contributed by atoms with Crippen LogP contribution in [0.25, 0.3) is 22.6 Å². The molecule has 1 aromatic heterocycles. The number of hydrogen-bond donors (Lipinski definition) is 1. The first-order chi connectivity index (χ1) is 13.5. The second-order valence-corrected chi connectivity index (χ2v) is 6.68. The Morgan fingerprint density at radius 3 is 2.46 bits per heavy atom. The van der Waals surface area contributed by atoms with E-state index in [1.165, 1.54) is 11.1 Å². The Bertz CT molecular complexity index is 1160. The minimum absolute atomic E-state index is 0.195. The SMILES string of the molecule is COc1ccc(C(=O)Nc2ccc3oc(-c4ccc(C)c(C)c4)nc3c2)cc1. The molecule has 0 bridgehead atoms. The lowest BCUT2D eigenvalue weighted by atomic mass is 10.1.